The molecule has 0 amide bonds. The second kappa shape index (κ2) is 4.53. The Hall–Kier alpha value is -0.630. The molecule has 0 aromatic rings. The van der Waals surface area contributed by atoms with E-state index in [1.54, 1.807) is 5.94 Å². The van der Waals surface area contributed by atoms with Crippen LogP contribution in [0.2, 0.25) is 0 Å². The number of aliphatic hydroxyl groups is 1. The highest BCUT2D eigenvalue weighted by atomic mass is 16.3. The molecule has 3 nitrogen and oxygen atoms in total. The van der Waals surface area contributed by atoms with Gasteiger partial charge < -0.3 is 10.8 Å². The van der Waals surface area contributed by atoms with Crippen molar-refractivity contribution in [3.8, 4) is 0 Å². The summed E-state index contributed by atoms with van der Waals surface area (Å²) in [5.41, 5.74) is 5.01. The van der Waals surface area contributed by atoms with Crippen LogP contribution < -0.4 is 5.73 Å². The van der Waals surface area contributed by atoms with Crippen molar-refractivity contribution in [1.29, 1.82) is 0 Å². The summed E-state index contributed by atoms with van der Waals surface area (Å²) in [6.07, 6.45) is 0.939. The van der Waals surface area contributed by atoms with Crippen LogP contribution in [0.25, 0.3) is 0 Å². The van der Waals surface area contributed by atoms with Gasteiger partial charge in [0.25, 0.3) is 0 Å². The normalized spacial score (nSPS) is 12.2. The molecule has 0 aromatic carbocycles. The molecule has 0 unspecified atom stereocenters. The number of rotatable bonds is 3. The zero-order chi connectivity index (χ0) is 6.41. The first-order valence-electron chi connectivity index (χ1n) is 2.38. The summed E-state index contributed by atoms with van der Waals surface area (Å²) < 4.78 is 0. The minimum Gasteiger partial charge on any atom is -0.391 e. The second-order valence-corrected chi connectivity index (χ2v) is 1.45. The van der Waals surface area contributed by atoms with Gasteiger partial charge in [0.2, 0.25) is 0 Å². The van der Waals surface area contributed by atoms with Crippen molar-refractivity contribution in [2.24, 2.45) is 5.73 Å². The van der Waals surface area contributed by atoms with Gasteiger partial charge >= 0.3 is 0 Å². The molecule has 0 spiro atoms. The number of aliphatic hydroxyl groups excluding tert-OH is 1. The summed E-state index contributed by atoms with van der Waals surface area (Å²) >= 11 is 0. The number of nitrogens with two attached hydrogens (primary N) is 1. The Morgan fingerprint density at radius 1 is 1.88 bits per heavy atom. The monoisotopic (exact) mass is 115 g/mol. The molecule has 8 heavy (non-hydrogen) atoms. The molecule has 46 valence electrons. The van der Waals surface area contributed by atoms with Gasteiger partial charge in [-0.2, -0.15) is 0 Å². The van der Waals surface area contributed by atoms with Crippen molar-refractivity contribution in [2.45, 2.75) is 12.5 Å². The van der Waals surface area contributed by atoms with E-state index >= 15 is 0 Å². The van der Waals surface area contributed by atoms with E-state index < -0.39 is 6.10 Å². The molecule has 0 aromatic heterocycles. The fourth-order valence-electron chi connectivity index (χ4n) is 0.280. The molecule has 3 heteroatoms. The van der Waals surface area contributed by atoms with E-state index in [1.807, 2.05) is 0 Å². The Labute approximate surface area is 47.8 Å². The Kier molecular flexibility index (Phi) is 4.17. The summed E-state index contributed by atoms with van der Waals surface area (Å²) in [6.45, 7) is 0.193. The molecule has 0 aliphatic rings. The molecule has 0 radical (unpaired) electrons. The second-order valence-electron chi connectivity index (χ2n) is 1.45. The maximum atomic E-state index is 9.49. The van der Waals surface area contributed by atoms with Crippen LogP contribution in [0, 0.1) is 0 Å². The van der Waals surface area contributed by atoms with E-state index in [9.17, 15) is 4.79 Å². The molecular formula is C5H9NO2. The average molecular weight is 115 g/mol. The molecule has 0 bridgehead atoms. The van der Waals surface area contributed by atoms with Crippen molar-refractivity contribution in [3.63, 3.8) is 0 Å². The van der Waals surface area contributed by atoms with Crippen LogP contribution in [0.3, 0.4) is 0 Å². The summed E-state index contributed by atoms with van der Waals surface area (Å²) in [6, 6.07) is 0. The smallest absolute Gasteiger partial charge is 0.120 e. The molecule has 0 saturated carbocycles. The molecular weight excluding hydrogens is 106 g/mol. The molecule has 0 rings (SSSR count). The largest absolute Gasteiger partial charge is 0.391 e. The zero-order valence-corrected chi connectivity index (χ0v) is 4.50. The van der Waals surface area contributed by atoms with Gasteiger partial charge in [-0.1, -0.05) is 0 Å². The van der Waals surface area contributed by atoms with Gasteiger partial charge in [-0.25, -0.2) is 4.79 Å². The maximum absolute atomic E-state index is 9.49. The lowest BCUT2D eigenvalue weighted by Crippen LogP contribution is -2.18. The van der Waals surface area contributed by atoms with Gasteiger partial charge in [0.05, 0.1) is 6.10 Å². The van der Waals surface area contributed by atoms with E-state index in [1.165, 1.54) is 6.08 Å². The summed E-state index contributed by atoms with van der Waals surface area (Å²) in [4.78, 5) is 9.49. The average Bonchev–Trinajstić information content (AvgIpc) is 1.83. The molecule has 0 fully saturated rings. The Morgan fingerprint density at radius 3 is 2.88 bits per heavy atom. The fraction of sp³-hybridized carbons (Fsp3) is 0.600. The minimum absolute atomic E-state index is 0.193. The van der Waals surface area contributed by atoms with Crippen LogP contribution in [-0.2, 0) is 4.79 Å². The molecule has 0 heterocycles. The first-order valence-corrected chi connectivity index (χ1v) is 2.38. The van der Waals surface area contributed by atoms with Crippen molar-refractivity contribution < 1.29 is 9.90 Å². The molecule has 0 saturated heterocycles. The molecule has 3 N–H and O–H groups in total. The predicted octanol–water partition coefficient (Wildman–Crippen LogP) is -0.916. The fourth-order valence-corrected chi connectivity index (χ4v) is 0.280. The quantitative estimate of drug-likeness (QED) is 0.468. The van der Waals surface area contributed by atoms with Crippen LogP contribution in [0.4, 0.5) is 0 Å². The lowest BCUT2D eigenvalue weighted by atomic mass is 10.2. The maximum Gasteiger partial charge on any atom is 0.120 e. The van der Waals surface area contributed by atoms with Gasteiger partial charge in [-0.15, -0.1) is 0 Å². The third-order valence-corrected chi connectivity index (χ3v) is 0.745. The Balaban J connectivity index is 3.23. The highest BCUT2D eigenvalue weighted by Crippen LogP contribution is 1.85. The predicted molar refractivity (Wildman–Crippen MR) is 29.9 cm³/mol. The molecule has 0 aliphatic carbocycles. The van der Waals surface area contributed by atoms with Crippen molar-refractivity contribution in [1.82, 2.24) is 0 Å². The standard InChI is InChI=1S/C5H9NO2/c6-4-5(8)2-1-3-7/h1,5,8H,2,4,6H2/t5-/m0/s1. The first kappa shape index (κ1) is 7.37. The van der Waals surface area contributed by atoms with Gasteiger partial charge in [-0.3, -0.25) is 0 Å². The van der Waals surface area contributed by atoms with Crippen LogP contribution in [0.5, 0.6) is 0 Å². The van der Waals surface area contributed by atoms with Crippen molar-refractivity contribution in [2.75, 3.05) is 6.54 Å². The molecule has 0 aliphatic heterocycles. The van der Waals surface area contributed by atoms with Gasteiger partial charge in [0.1, 0.15) is 5.94 Å². The van der Waals surface area contributed by atoms with E-state index in [-0.39, 0.29) is 6.54 Å². The van der Waals surface area contributed by atoms with Gasteiger partial charge in [-0.05, 0) is 0 Å². The Morgan fingerprint density at radius 2 is 2.50 bits per heavy atom. The van der Waals surface area contributed by atoms with Gasteiger partial charge in [0.15, 0.2) is 0 Å². The SMILES string of the molecule is NC[C@@H](O)CC=C=O. The van der Waals surface area contributed by atoms with Gasteiger partial charge in [0, 0.05) is 19.0 Å². The van der Waals surface area contributed by atoms with Crippen LogP contribution in [-0.4, -0.2) is 23.7 Å². The Bertz CT molecular complexity index is 96.6. The van der Waals surface area contributed by atoms with Crippen LogP contribution in [0.15, 0.2) is 6.08 Å². The first-order chi connectivity index (χ1) is 3.81. The summed E-state index contributed by atoms with van der Waals surface area (Å²) in [5, 5.41) is 8.65. The minimum atomic E-state index is -0.587. The summed E-state index contributed by atoms with van der Waals surface area (Å²) in [5.74, 6) is 1.54. The van der Waals surface area contributed by atoms with Crippen molar-refractivity contribution >= 4 is 5.94 Å². The summed E-state index contributed by atoms with van der Waals surface area (Å²) in [7, 11) is 0. The van der Waals surface area contributed by atoms with E-state index in [0.29, 0.717) is 6.42 Å². The van der Waals surface area contributed by atoms with Crippen LogP contribution in [0.1, 0.15) is 6.42 Å². The molecule has 1 atom stereocenters. The number of hydrogen-bond donors (Lipinski definition) is 2. The van der Waals surface area contributed by atoms with E-state index in [0.717, 1.165) is 0 Å². The van der Waals surface area contributed by atoms with Crippen molar-refractivity contribution in [3.05, 3.63) is 6.08 Å². The highest BCUT2D eigenvalue weighted by Gasteiger charge is 1.94. The number of hydrogen-bond acceptors (Lipinski definition) is 3. The van der Waals surface area contributed by atoms with E-state index in [4.69, 9.17) is 10.8 Å². The lowest BCUT2D eigenvalue weighted by Gasteiger charge is -1.98. The topological polar surface area (TPSA) is 63.3 Å². The third kappa shape index (κ3) is 3.56. The van der Waals surface area contributed by atoms with E-state index in [2.05, 4.69) is 0 Å². The number of carbonyl (C=O) groups excluding carboxylic acids is 1. The van der Waals surface area contributed by atoms with Crippen LogP contribution >= 0.6 is 0 Å². The zero-order valence-electron chi connectivity index (χ0n) is 4.50. The lowest BCUT2D eigenvalue weighted by molar-refractivity contribution is 0.186. The third-order valence-electron chi connectivity index (χ3n) is 0.745. The highest BCUT2D eigenvalue weighted by molar-refractivity contribution is 5.44.